The van der Waals surface area contributed by atoms with Gasteiger partial charge in [-0.1, -0.05) is 18.1 Å². The molecule has 1 heteroatoms. The molecular formula is C11H10O. The third-order valence-electron chi connectivity index (χ3n) is 2.31. The van der Waals surface area contributed by atoms with Crippen molar-refractivity contribution in [2.45, 2.75) is 18.4 Å². The van der Waals surface area contributed by atoms with E-state index in [0.717, 1.165) is 24.0 Å². The van der Waals surface area contributed by atoms with Gasteiger partial charge in [-0.3, -0.25) is 0 Å². The van der Waals surface area contributed by atoms with Crippen molar-refractivity contribution in [3.63, 3.8) is 0 Å². The summed E-state index contributed by atoms with van der Waals surface area (Å²) in [6.07, 6.45) is 6.97. The van der Waals surface area contributed by atoms with Crippen LogP contribution >= 0.6 is 0 Å². The second-order valence-corrected chi connectivity index (χ2v) is 3.25. The topological polar surface area (TPSA) is 20.2 Å². The van der Waals surface area contributed by atoms with E-state index >= 15 is 0 Å². The van der Waals surface area contributed by atoms with Crippen LogP contribution in [0.15, 0.2) is 24.3 Å². The number of hydrogen-bond donors (Lipinski definition) is 1. The van der Waals surface area contributed by atoms with Crippen LogP contribution in [-0.4, -0.2) is 5.11 Å². The molecule has 0 unspecified atom stereocenters. The number of terminal acetylenes is 1. The average Bonchev–Trinajstić information content (AvgIpc) is 2.85. The Morgan fingerprint density at radius 3 is 2.25 bits per heavy atom. The Bertz CT molecular complexity index is 325. The number of rotatable bonds is 1. The smallest absolute Gasteiger partial charge is 0.0899 e. The van der Waals surface area contributed by atoms with Crippen LogP contribution in [0.4, 0.5) is 0 Å². The highest BCUT2D eigenvalue weighted by Gasteiger charge is 2.41. The van der Waals surface area contributed by atoms with Gasteiger partial charge in [-0.25, -0.2) is 0 Å². The molecule has 0 saturated heterocycles. The molecule has 1 fully saturated rings. The predicted octanol–water partition coefficient (Wildman–Crippen LogP) is 1.65. The number of hydrogen-bond acceptors (Lipinski definition) is 1. The summed E-state index contributed by atoms with van der Waals surface area (Å²) in [7, 11) is 0. The summed E-state index contributed by atoms with van der Waals surface area (Å²) in [6, 6.07) is 7.54. The lowest BCUT2D eigenvalue weighted by molar-refractivity contribution is 0.151. The van der Waals surface area contributed by atoms with Gasteiger partial charge in [-0.15, -0.1) is 6.42 Å². The Balaban J connectivity index is 2.32. The fourth-order valence-corrected chi connectivity index (χ4v) is 1.28. The van der Waals surface area contributed by atoms with Gasteiger partial charge in [-0.05, 0) is 30.5 Å². The standard InChI is InChI=1S/C11H10O/c1-2-9-3-5-10(6-4-9)11(12)7-8-11/h1,3-6,12H,7-8H2. The summed E-state index contributed by atoms with van der Waals surface area (Å²) in [5, 5.41) is 9.71. The van der Waals surface area contributed by atoms with Crippen LogP contribution in [0.5, 0.6) is 0 Å². The van der Waals surface area contributed by atoms with Crippen molar-refractivity contribution in [2.24, 2.45) is 0 Å². The monoisotopic (exact) mass is 158 g/mol. The lowest BCUT2D eigenvalue weighted by Crippen LogP contribution is -2.03. The minimum Gasteiger partial charge on any atom is -0.385 e. The van der Waals surface area contributed by atoms with E-state index in [1.165, 1.54) is 0 Å². The zero-order valence-electron chi connectivity index (χ0n) is 6.75. The van der Waals surface area contributed by atoms with Gasteiger partial charge in [0.2, 0.25) is 0 Å². The Kier molecular flexibility index (Phi) is 1.46. The summed E-state index contributed by atoms with van der Waals surface area (Å²) < 4.78 is 0. The lowest BCUT2D eigenvalue weighted by Gasteiger charge is -2.06. The minimum absolute atomic E-state index is 0.535. The molecule has 1 aliphatic rings. The highest BCUT2D eigenvalue weighted by molar-refractivity contribution is 5.37. The van der Waals surface area contributed by atoms with Crippen molar-refractivity contribution in [3.05, 3.63) is 35.4 Å². The highest BCUT2D eigenvalue weighted by Crippen LogP contribution is 2.44. The fraction of sp³-hybridized carbons (Fsp3) is 0.273. The van der Waals surface area contributed by atoms with Crippen LogP contribution in [-0.2, 0) is 5.60 Å². The zero-order valence-corrected chi connectivity index (χ0v) is 6.75. The molecule has 2 rings (SSSR count). The third kappa shape index (κ3) is 1.11. The van der Waals surface area contributed by atoms with Gasteiger partial charge in [0.25, 0.3) is 0 Å². The van der Waals surface area contributed by atoms with Gasteiger partial charge in [0.05, 0.1) is 5.60 Å². The molecule has 0 bridgehead atoms. The molecular weight excluding hydrogens is 148 g/mol. The van der Waals surface area contributed by atoms with E-state index in [1.807, 2.05) is 24.3 Å². The molecule has 0 radical (unpaired) electrons. The Morgan fingerprint density at radius 1 is 1.25 bits per heavy atom. The molecule has 0 aliphatic heterocycles. The van der Waals surface area contributed by atoms with Gasteiger partial charge in [0, 0.05) is 5.56 Å². The van der Waals surface area contributed by atoms with Gasteiger partial charge >= 0.3 is 0 Å². The maximum atomic E-state index is 9.71. The van der Waals surface area contributed by atoms with E-state index in [0.29, 0.717) is 0 Å². The molecule has 1 saturated carbocycles. The van der Waals surface area contributed by atoms with Crippen molar-refractivity contribution in [1.82, 2.24) is 0 Å². The molecule has 0 atom stereocenters. The summed E-state index contributed by atoms with van der Waals surface area (Å²) in [6.45, 7) is 0. The lowest BCUT2D eigenvalue weighted by atomic mass is 10.1. The highest BCUT2D eigenvalue weighted by atomic mass is 16.3. The molecule has 0 aromatic heterocycles. The largest absolute Gasteiger partial charge is 0.385 e. The normalized spacial score (nSPS) is 18.3. The van der Waals surface area contributed by atoms with Gasteiger partial charge in [-0.2, -0.15) is 0 Å². The van der Waals surface area contributed by atoms with Gasteiger partial charge in [0.1, 0.15) is 0 Å². The summed E-state index contributed by atoms with van der Waals surface area (Å²) >= 11 is 0. The first-order chi connectivity index (χ1) is 5.74. The summed E-state index contributed by atoms with van der Waals surface area (Å²) in [5.74, 6) is 2.54. The first kappa shape index (κ1) is 7.39. The first-order valence-electron chi connectivity index (χ1n) is 4.04. The quantitative estimate of drug-likeness (QED) is 0.616. The molecule has 0 heterocycles. The van der Waals surface area contributed by atoms with Crippen LogP contribution < -0.4 is 0 Å². The molecule has 1 aromatic rings. The van der Waals surface area contributed by atoms with E-state index in [1.54, 1.807) is 0 Å². The predicted molar refractivity (Wildman–Crippen MR) is 47.5 cm³/mol. The van der Waals surface area contributed by atoms with E-state index in [-0.39, 0.29) is 0 Å². The second kappa shape index (κ2) is 2.36. The Morgan fingerprint density at radius 2 is 1.83 bits per heavy atom. The molecule has 1 N–H and O–H groups in total. The van der Waals surface area contributed by atoms with Crippen molar-refractivity contribution >= 4 is 0 Å². The van der Waals surface area contributed by atoms with E-state index in [2.05, 4.69) is 5.92 Å². The molecule has 60 valence electrons. The molecule has 12 heavy (non-hydrogen) atoms. The fourth-order valence-electron chi connectivity index (χ4n) is 1.28. The van der Waals surface area contributed by atoms with Gasteiger partial charge in [0.15, 0.2) is 0 Å². The van der Waals surface area contributed by atoms with E-state index in [4.69, 9.17) is 6.42 Å². The van der Waals surface area contributed by atoms with Crippen LogP contribution in [0.3, 0.4) is 0 Å². The van der Waals surface area contributed by atoms with Crippen molar-refractivity contribution < 1.29 is 5.11 Å². The van der Waals surface area contributed by atoms with Crippen LogP contribution in [0.1, 0.15) is 24.0 Å². The molecule has 1 nitrogen and oxygen atoms in total. The Labute approximate surface area is 72.0 Å². The summed E-state index contributed by atoms with van der Waals surface area (Å²) in [5.41, 5.74) is 1.32. The maximum Gasteiger partial charge on any atom is 0.0899 e. The maximum absolute atomic E-state index is 9.71. The van der Waals surface area contributed by atoms with Crippen LogP contribution in [0, 0.1) is 12.3 Å². The van der Waals surface area contributed by atoms with E-state index in [9.17, 15) is 5.11 Å². The molecule has 1 aromatic carbocycles. The van der Waals surface area contributed by atoms with Crippen molar-refractivity contribution in [1.29, 1.82) is 0 Å². The Hall–Kier alpha value is -1.26. The van der Waals surface area contributed by atoms with Gasteiger partial charge < -0.3 is 5.11 Å². The minimum atomic E-state index is -0.535. The summed E-state index contributed by atoms with van der Waals surface area (Å²) in [4.78, 5) is 0. The SMILES string of the molecule is C#Cc1ccc(C2(O)CC2)cc1. The number of benzene rings is 1. The average molecular weight is 158 g/mol. The molecule has 0 amide bonds. The zero-order chi connectivity index (χ0) is 8.60. The first-order valence-corrected chi connectivity index (χ1v) is 4.04. The third-order valence-corrected chi connectivity index (χ3v) is 2.31. The number of aliphatic hydroxyl groups is 1. The second-order valence-electron chi connectivity index (χ2n) is 3.25. The molecule has 0 spiro atoms. The van der Waals surface area contributed by atoms with E-state index < -0.39 is 5.60 Å². The van der Waals surface area contributed by atoms with Crippen molar-refractivity contribution in [3.8, 4) is 12.3 Å². The van der Waals surface area contributed by atoms with Crippen LogP contribution in [0.25, 0.3) is 0 Å². The molecule has 1 aliphatic carbocycles. The van der Waals surface area contributed by atoms with Crippen molar-refractivity contribution in [2.75, 3.05) is 0 Å². The van der Waals surface area contributed by atoms with Crippen LogP contribution in [0.2, 0.25) is 0 Å².